The lowest BCUT2D eigenvalue weighted by molar-refractivity contribution is -0.121. The number of hydrogen-bond acceptors (Lipinski definition) is 3. The van der Waals surface area contributed by atoms with Gasteiger partial charge in [-0.05, 0) is 19.0 Å². The minimum atomic E-state index is -0.662. The first-order valence-corrected chi connectivity index (χ1v) is 5.57. The van der Waals surface area contributed by atoms with Crippen molar-refractivity contribution in [2.24, 2.45) is 5.73 Å². The molecule has 1 amide bonds. The largest absolute Gasteiger partial charge is 0.494 e. The predicted octanol–water partition coefficient (Wildman–Crippen LogP) is 1.33. The molecule has 0 fully saturated rings. The molecule has 0 unspecified atom stereocenters. The van der Waals surface area contributed by atoms with E-state index in [2.05, 4.69) is 10.1 Å². The molecule has 0 bridgehead atoms. The van der Waals surface area contributed by atoms with Crippen molar-refractivity contribution in [3.63, 3.8) is 0 Å². The van der Waals surface area contributed by atoms with Crippen LogP contribution in [0.4, 0.5) is 8.78 Å². The third kappa shape index (κ3) is 3.96. The molecule has 1 rings (SSSR count). The molecule has 0 atom stereocenters. The molecule has 0 saturated heterocycles. The van der Waals surface area contributed by atoms with Crippen LogP contribution in [-0.2, 0) is 11.3 Å². The summed E-state index contributed by atoms with van der Waals surface area (Å²) in [5.74, 6) is -1.68. The molecule has 1 aromatic rings. The Balaban J connectivity index is 2.62. The lowest BCUT2D eigenvalue weighted by atomic mass is 10.2. The van der Waals surface area contributed by atoms with E-state index in [0.29, 0.717) is 13.0 Å². The molecule has 4 nitrogen and oxygen atoms in total. The van der Waals surface area contributed by atoms with Crippen molar-refractivity contribution < 1.29 is 18.3 Å². The number of halogens is 2. The second kappa shape index (κ2) is 6.90. The number of hydrogen-bond donors (Lipinski definition) is 2. The molecule has 18 heavy (non-hydrogen) atoms. The van der Waals surface area contributed by atoms with E-state index >= 15 is 0 Å². The zero-order chi connectivity index (χ0) is 13.5. The molecule has 3 N–H and O–H groups in total. The van der Waals surface area contributed by atoms with Gasteiger partial charge < -0.3 is 15.8 Å². The average molecular weight is 258 g/mol. The van der Waals surface area contributed by atoms with Gasteiger partial charge in [0, 0.05) is 24.6 Å². The van der Waals surface area contributed by atoms with Crippen molar-refractivity contribution >= 4 is 5.91 Å². The van der Waals surface area contributed by atoms with Gasteiger partial charge in [-0.3, -0.25) is 4.79 Å². The van der Waals surface area contributed by atoms with Gasteiger partial charge in [-0.2, -0.15) is 0 Å². The molecule has 0 aliphatic heterocycles. The zero-order valence-electron chi connectivity index (χ0n) is 10.1. The van der Waals surface area contributed by atoms with Crippen LogP contribution in [0.2, 0.25) is 0 Å². The number of methoxy groups -OCH3 is 1. The van der Waals surface area contributed by atoms with Crippen molar-refractivity contribution in [1.29, 1.82) is 0 Å². The molecule has 0 aliphatic carbocycles. The fraction of sp³-hybridized carbons (Fsp3) is 0.417. The topological polar surface area (TPSA) is 64.3 Å². The van der Waals surface area contributed by atoms with E-state index < -0.39 is 11.6 Å². The molecule has 100 valence electrons. The molecule has 0 radical (unpaired) electrons. The fourth-order valence-electron chi connectivity index (χ4n) is 1.41. The number of nitrogens with one attached hydrogen (secondary N) is 1. The summed E-state index contributed by atoms with van der Waals surface area (Å²) in [5.41, 5.74) is 5.33. The Morgan fingerprint density at radius 3 is 2.72 bits per heavy atom. The van der Waals surface area contributed by atoms with Crippen LogP contribution in [0.1, 0.15) is 18.4 Å². The number of rotatable bonds is 6. The van der Waals surface area contributed by atoms with Gasteiger partial charge in [0.05, 0.1) is 7.11 Å². The highest BCUT2D eigenvalue weighted by molar-refractivity contribution is 5.75. The third-order valence-corrected chi connectivity index (χ3v) is 2.40. The van der Waals surface area contributed by atoms with Crippen LogP contribution < -0.4 is 15.8 Å². The van der Waals surface area contributed by atoms with Crippen molar-refractivity contribution in [2.45, 2.75) is 19.4 Å². The van der Waals surface area contributed by atoms with E-state index in [0.717, 1.165) is 12.1 Å². The van der Waals surface area contributed by atoms with Crippen molar-refractivity contribution in [1.82, 2.24) is 5.32 Å². The van der Waals surface area contributed by atoms with Gasteiger partial charge in [0.1, 0.15) is 5.82 Å². The standard InChI is InChI=1S/C12H16F2N2O2/c1-18-11-6-9(13)8(5-10(11)14)7-16-12(17)3-2-4-15/h5-6H,2-4,7,15H2,1H3,(H,16,17). The first-order valence-electron chi connectivity index (χ1n) is 5.57. The van der Waals surface area contributed by atoms with E-state index in [1.54, 1.807) is 0 Å². The molecule has 0 spiro atoms. The monoisotopic (exact) mass is 258 g/mol. The van der Waals surface area contributed by atoms with Gasteiger partial charge in [-0.25, -0.2) is 8.78 Å². The summed E-state index contributed by atoms with van der Waals surface area (Å²) in [7, 11) is 1.26. The maximum absolute atomic E-state index is 13.5. The summed E-state index contributed by atoms with van der Waals surface area (Å²) >= 11 is 0. The molecule has 0 aliphatic rings. The summed E-state index contributed by atoms with van der Waals surface area (Å²) in [6.45, 7) is 0.356. The Morgan fingerprint density at radius 1 is 1.39 bits per heavy atom. The Kier molecular flexibility index (Phi) is 5.51. The van der Waals surface area contributed by atoms with Crippen LogP contribution in [0.25, 0.3) is 0 Å². The molecular formula is C12H16F2N2O2. The molecule has 6 heteroatoms. The maximum atomic E-state index is 13.5. The number of amides is 1. The van der Waals surface area contributed by atoms with E-state index in [1.165, 1.54) is 7.11 Å². The first-order chi connectivity index (χ1) is 8.58. The van der Waals surface area contributed by atoms with E-state index in [9.17, 15) is 13.6 Å². The summed E-state index contributed by atoms with van der Waals surface area (Å²) < 4.78 is 31.5. The van der Waals surface area contributed by atoms with Crippen LogP contribution in [0.3, 0.4) is 0 Å². The van der Waals surface area contributed by atoms with Gasteiger partial charge in [0.25, 0.3) is 0 Å². The number of carbonyl (C=O) groups is 1. The Morgan fingerprint density at radius 2 is 2.11 bits per heavy atom. The molecule has 0 saturated carbocycles. The second-order valence-corrected chi connectivity index (χ2v) is 3.75. The minimum Gasteiger partial charge on any atom is -0.494 e. The summed E-state index contributed by atoms with van der Waals surface area (Å²) in [6.07, 6.45) is 0.835. The highest BCUT2D eigenvalue weighted by Gasteiger charge is 2.11. The first kappa shape index (κ1) is 14.4. The quantitative estimate of drug-likeness (QED) is 0.809. The number of nitrogens with two attached hydrogens (primary N) is 1. The molecule has 0 heterocycles. The van der Waals surface area contributed by atoms with Crippen LogP contribution in [-0.4, -0.2) is 19.6 Å². The predicted molar refractivity (Wildman–Crippen MR) is 63.0 cm³/mol. The highest BCUT2D eigenvalue weighted by atomic mass is 19.1. The number of carbonyl (C=O) groups excluding carboxylic acids is 1. The summed E-state index contributed by atoms with van der Waals surface area (Å²) in [4.78, 5) is 11.3. The van der Waals surface area contributed by atoms with E-state index in [-0.39, 0.29) is 30.2 Å². The lowest BCUT2D eigenvalue weighted by Gasteiger charge is -2.08. The van der Waals surface area contributed by atoms with Gasteiger partial charge in [-0.15, -0.1) is 0 Å². The smallest absolute Gasteiger partial charge is 0.220 e. The lowest BCUT2D eigenvalue weighted by Crippen LogP contribution is -2.23. The SMILES string of the molecule is COc1cc(F)c(CNC(=O)CCCN)cc1F. The van der Waals surface area contributed by atoms with Gasteiger partial charge >= 0.3 is 0 Å². The third-order valence-electron chi connectivity index (χ3n) is 2.40. The molecule has 1 aromatic carbocycles. The van der Waals surface area contributed by atoms with Crippen molar-refractivity contribution in [3.05, 3.63) is 29.3 Å². The number of ether oxygens (including phenoxy) is 1. The van der Waals surface area contributed by atoms with Crippen LogP contribution >= 0.6 is 0 Å². The average Bonchev–Trinajstić information content (AvgIpc) is 2.36. The van der Waals surface area contributed by atoms with Gasteiger partial charge in [0.2, 0.25) is 5.91 Å². The molecule has 0 aromatic heterocycles. The highest BCUT2D eigenvalue weighted by Crippen LogP contribution is 2.21. The summed E-state index contributed by atoms with van der Waals surface area (Å²) in [6, 6.07) is 1.97. The normalized spacial score (nSPS) is 10.2. The van der Waals surface area contributed by atoms with Crippen LogP contribution in [0.15, 0.2) is 12.1 Å². The number of benzene rings is 1. The minimum absolute atomic E-state index is 0.0594. The fourth-order valence-corrected chi connectivity index (χ4v) is 1.41. The molecular weight excluding hydrogens is 242 g/mol. The van der Waals surface area contributed by atoms with Gasteiger partial charge in [-0.1, -0.05) is 0 Å². The Bertz CT molecular complexity index is 425. The van der Waals surface area contributed by atoms with Crippen LogP contribution in [0, 0.1) is 11.6 Å². The maximum Gasteiger partial charge on any atom is 0.220 e. The zero-order valence-corrected chi connectivity index (χ0v) is 10.1. The van der Waals surface area contributed by atoms with Crippen LogP contribution in [0.5, 0.6) is 5.75 Å². The Hall–Kier alpha value is -1.69. The second-order valence-electron chi connectivity index (χ2n) is 3.75. The summed E-state index contributed by atoms with van der Waals surface area (Å²) in [5, 5.41) is 2.50. The van der Waals surface area contributed by atoms with E-state index in [1.807, 2.05) is 0 Å². The van der Waals surface area contributed by atoms with Crippen molar-refractivity contribution in [2.75, 3.05) is 13.7 Å². The van der Waals surface area contributed by atoms with Crippen molar-refractivity contribution in [3.8, 4) is 5.75 Å². The van der Waals surface area contributed by atoms with Gasteiger partial charge in [0.15, 0.2) is 11.6 Å². The van der Waals surface area contributed by atoms with E-state index in [4.69, 9.17) is 5.73 Å². The Labute approximate surface area is 104 Å².